The number of carbonyl (C=O) groups is 1. The van der Waals surface area contributed by atoms with Crippen molar-refractivity contribution in [3.05, 3.63) is 94.6 Å². The summed E-state index contributed by atoms with van der Waals surface area (Å²) in [5.74, 6) is 0.687. The summed E-state index contributed by atoms with van der Waals surface area (Å²) in [7, 11) is 0. The van der Waals surface area contributed by atoms with Crippen molar-refractivity contribution in [3.8, 4) is 0 Å². The SMILES string of the molecule is C=C(CC)C(=O)OCC(CO)CCCCc1ccc(CCC2=CC3C=CC(CCCCC)=CC3C=C2)c(CC)c1. The summed E-state index contributed by atoms with van der Waals surface area (Å²) in [5.41, 5.74) is 7.78. The fourth-order valence-electron chi connectivity index (χ4n) is 5.69. The lowest BCUT2D eigenvalue weighted by atomic mass is 9.79. The molecule has 3 unspecified atom stereocenters. The van der Waals surface area contributed by atoms with Crippen LogP contribution in [0.2, 0.25) is 0 Å². The van der Waals surface area contributed by atoms with Gasteiger partial charge in [0.25, 0.3) is 0 Å². The lowest BCUT2D eigenvalue weighted by Gasteiger charge is -2.25. The first-order valence-electron chi connectivity index (χ1n) is 15.8. The van der Waals surface area contributed by atoms with Crippen LogP contribution in [0.4, 0.5) is 0 Å². The molecule has 0 radical (unpaired) electrons. The second kappa shape index (κ2) is 17.2. The predicted molar refractivity (Wildman–Crippen MR) is 168 cm³/mol. The number of esters is 1. The van der Waals surface area contributed by atoms with E-state index in [1.165, 1.54) is 53.5 Å². The van der Waals surface area contributed by atoms with E-state index in [0.29, 0.717) is 23.8 Å². The summed E-state index contributed by atoms with van der Waals surface area (Å²) in [5, 5.41) is 9.67. The Morgan fingerprint density at radius 3 is 2.25 bits per heavy atom. The normalized spacial score (nSPS) is 18.6. The van der Waals surface area contributed by atoms with Crippen molar-refractivity contribution in [2.24, 2.45) is 17.8 Å². The predicted octanol–water partition coefficient (Wildman–Crippen LogP) is 8.82. The summed E-state index contributed by atoms with van der Waals surface area (Å²) in [6.45, 7) is 10.4. The van der Waals surface area contributed by atoms with Gasteiger partial charge in [-0.1, -0.05) is 112 Å². The van der Waals surface area contributed by atoms with Crippen LogP contribution in [0.15, 0.2) is 78.0 Å². The van der Waals surface area contributed by atoms with Gasteiger partial charge in [0.2, 0.25) is 0 Å². The molecule has 0 heterocycles. The molecule has 3 heteroatoms. The van der Waals surface area contributed by atoms with E-state index in [-0.39, 0.29) is 25.1 Å². The number of hydrogen-bond acceptors (Lipinski definition) is 3. The highest BCUT2D eigenvalue weighted by atomic mass is 16.5. The first-order valence-corrected chi connectivity index (χ1v) is 15.8. The number of aliphatic hydroxyl groups excluding tert-OH is 1. The van der Waals surface area contributed by atoms with Gasteiger partial charge in [0.05, 0.1) is 6.61 Å². The summed E-state index contributed by atoms with van der Waals surface area (Å²) in [4.78, 5) is 11.8. The minimum atomic E-state index is -0.345. The molecule has 0 fully saturated rings. The molecule has 3 atom stereocenters. The zero-order chi connectivity index (χ0) is 28.7. The maximum absolute atomic E-state index is 11.8. The molecule has 2 aliphatic carbocycles. The topological polar surface area (TPSA) is 46.5 Å². The Bertz CT molecular complexity index is 1090. The second-order valence-electron chi connectivity index (χ2n) is 11.6. The first-order chi connectivity index (χ1) is 19.5. The molecule has 0 aromatic heterocycles. The third-order valence-corrected chi connectivity index (χ3v) is 8.48. The average Bonchev–Trinajstić information content (AvgIpc) is 2.99. The highest BCUT2D eigenvalue weighted by Crippen LogP contribution is 2.33. The summed E-state index contributed by atoms with van der Waals surface area (Å²) >= 11 is 0. The van der Waals surface area contributed by atoms with Gasteiger partial charge in [0.15, 0.2) is 0 Å². The van der Waals surface area contributed by atoms with Crippen LogP contribution < -0.4 is 0 Å². The largest absolute Gasteiger partial charge is 0.462 e. The Labute approximate surface area is 243 Å². The van der Waals surface area contributed by atoms with Crippen molar-refractivity contribution in [3.63, 3.8) is 0 Å². The Balaban J connectivity index is 1.43. The molecule has 3 nitrogen and oxygen atoms in total. The Hall–Kier alpha value is -2.65. The van der Waals surface area contributed by atoms with E-state index in [0.717, 1.165) is 44.9 Å². The van der Waals surface area contributed by atoms with Crippen molar-refractivity contribution in [2.75, 3.05) is 13.2 Å². The summed E-state index contributed by atoms with van der Waals surface area (Å²) in [6.07, 6.45) is 27.4. The van der Waals surface area contributed by atoms with Crippen LogP contribution in [-0.2, 0) is 28.8 Å². The number of carbonyl (C=O) groups excluding carboxylic acids is 1. The van der Waals surface area contributed by atoms with E-state index < -0.39 is 0 Å². The van der Waals surface area contributed by atoms with Crippen molar-refractivity contribution < 1.29 is 14.6 Å². The molecule has 40 heavy (non-hydrogen) atoms. The Kier molecular flexibility index (Phi) is 13.7. The van der Waals surface area contributed by atoms with Crippen LogP contribution in [0.1, 0.15) is 95.2 Å². The molecule has 0 amide bonds. The maximum atomic E-state index is 11.8. The van der Waals surface area contributed by atoms with Gasteiger partial charge >= 0.3 is 5.97 Å². The minimum absolute atomic E-state index is 0.00595. The molecule has 1 aromatic carbocycles. The molecule has 0 saturated carbocycles. The number of hydrogen-bond donors (Lipinski definition) is 1. The van der Waals surface area contributed by atoms with Crippen LogP contribution in [-0.4, -0.2) is 24.3 Å². The van der Waals surface area contributed by atoms with E-state index >= 15 is 0 Å². The monoisotopic (exact) mass is 544 g/mol. The standard InChI is InChI=1S/C37H52O3/c1-5-8-9-12-30-17-21-36-25-31(18-22-35(36)24-30)16-20-34-19-15-29(23-33(34)7-3)13-10-11-14-32(26-38)27-40-37(39)28(4)6-2/h15,17-19,21-25,32,35-36,38H,4-14,16,20,26-27H2,1-3H3. The molecule has 218 valence electrons. The van der Waals surface area contributed by atoms with Crippen molar-refractivity contribution in [1.82, 2.24) is 0 Å². The van der Waals surface area contributed by atoms with Crippen LogP contribution in [0, 0.1) is 17.8 Å². The van der Waals surface area contributed by atoms with Gasteiger partial charge < -0.3 is 9.84 Å². The number of fused-ring (bicyclic) bond motifs is 1. The fraction of sp³-hybridized carbons (Fsp3) is 0.541. The lowest BCUT2D eigenvalue weighted by molar-refractivity contribution is -0.141. The van der Waals surface area contributed by atoms with Crippen LogP contribution in [0.5, 0.6) is 0 Å². The number of benzene rings is 1. The molecule has 3 rings (SSSR count). The van der Waals surface area contributed by atoms with Gasteiger partial charge in [0, 0.05) is 29.9 Å². The molecule has 1 aromatic rings. The molecule has 2 aliphatic rings. The van der Waals surface area contributed by atoms with E-state index in [2.05, 4.69) is 75.1 Å². The molecule has 0 bridgehead atoms. The Morgan fingerprint density at radius 2 is 1.60 bits per heavy atom. The average molecular weight is 545 g/mol. The van der Waals surface area contributed by atoms with E-state index in [4.69, 9.17) is 4.74 Å². The number of ether oxygens (including phenoxy) is 1. The molecule has 1 N–H and O–H groups in total. The van der Waals surface area contributed by atoms with Crippen molar-refractivity contribution in [1.29, 1.82) is 0 Å². The molecule has 0 spiro atoms. The molecular formula is C37H52O3. The maximum Gasteiger partial charge on any atom is 0.333 e. The smallest absolute Gasteiger partial charge is 0.333 e. The number of aliphatic hydroxyl groups is 1. The summed E-state index contributed by atoms with van der Waals surface area (Å²) < 4.78 is 5.31. The highest BCUT2D eigenvalue weighted by Gasteiger charge is 2.20. The molecule has 0 aliphatic heterocycles. The molecular weight excluding hydrogens is 492 g/mol. The first kappa shape index (κ1) is 31.9. The molecule has 0 saturated heterocycles. The zero-order valence-corrected chi connectivity index (χ0v) is 25.3. The van der Waals surface area contributed by atoms with Crippen LogP contribution in [0.25, 0.3) is 0 Å². The van der Waals surface area contributed by atoms with Gasteiger partial charge in [0.1, 0.15) is 0 Å². The summed E-state index contributed by atoms with van der Waals surface area (Å²) in [6, 6.07) is 7.03. The number of aryl methyl sites for hydroxylation is 3. The third kappa shape index (κ3) is 10.1. The van der Waals surface area contributed by atoms with E-state index in [1.807, 2.05) is 6.92 Å². The van der Waals surface area contributed by atoms with Crippen molar-refractivity contribution in [2.45, 2.75) is 97.8 Å². The fourth-order valence-corrected chi connectivity index (χ4v) is 5.69. The lowest BCUT2D eigenvalue weighted by Crippen LogP contribution is -2.18. The van der Waals surface area contributed by atoms with Gasteiger partial charge in [-0.25, -0.2) is 4.79 Å². The number of rotatable bonds is 18. The van der Waals surface area contributed by atoms with E-state index in [9.17, 15) is 9.90 Å². The van der Waals surface area contributed by atoms with Crippen LogP contribution in [0.3, 0.4) is 0 Å². The quantitative estimate of drug-likeness (QED) is 0.114. The van der Waals surface area contributed by atoms with E-state index in [1.54, 1.807) is 0 Å². The van der Waals surface area contributed by atoms with Gasteiger partial charge in [-0.3, -0.25) is 0 Å². The number of allylic oxidation sites excluding steroid dienone is 8. The van der Waals surface area contributed by atoms with Gasteiger partial charge in [-0.2, -0.15) is 0 Å². The Morgan fingerprint density at radius 1 is 0.900 bits per heavy atom. The van der Waals surface area contributed by atoms with Gasteiger partial charge in [-0.15, -0.1) is 0 Å². The third-order valence-electron chi connectivity index (χ3n) is 8.48. The van der Waals surface area contributed by atoms with Crippen LogP contribution >= 0.6 is 0 Å². The number of unbranched alkanes of at least 4 members (excludes halogenated alkanes) is 3. The zero-order valence-electron chi connectivity index (χ0n) is 25.3. The second-order valence-corrected chi connectivity index (χ2v) is 11.6. The van der Waals surface area contributed by atoms with Gasteiger partial charge in [-0.05, 0) is 74.5 Å². The van der Waals surface area contributed by atoms with Crippen molar-refractivity contribution >= 4 is 5.97 Å². The highest BCUT2D eigenvalue weighted by molar-refractivity contribution is 5.87. The minimum Gasteiger partial charge on any atom is -0.462 e.